The first kappa shape index (κ1) is 33.6. The topological polar surface area (TPSA) is 72.8 Å². The number of ether oxygens (including phenoxy) is 2. The van der Waals surface area contributed by atoms with Crippen LogP contribution < -0.4 is 0 Å². The highest BCUT2D eigenvalue weighted by Crippen LogP contribution is 2.20. The molecule has 3 unspecified atom stereocenters. The number of benzene rings is 2. The highest BCUT2D eigenvalue weighted by molar-refractivity contribution is 5.75. The van der Waals surface area contributed by atoms with Crippen LogP contribution in [0.4, 0.5) is 0 Å². The summed E-state index contributed by atoms with van der Waals surface area (Å²) in [5.74, 6) is -1.07. The number of carbonyl (C=O) groups excluding carboxylic acids is 2. The number of allylic oxidation sites excluding steroid dienone is 3. The number of aliphatic hydroxyl groups is 1. The molecule has 0 aromatic heterocycles. The lowest BCUT2D eigenvalue weighted by molar-refractivity contribution is -0.155. The molecule has 2 rings (SSSR count). The Labute approximate surface area is 235 Å². The average molecular weight is 535 g/mol. The van der Waals surface area contributed by atoms with Gasteiger partial charge < -0.3 is 14.6 Å². The standard InChI is InChI=1S/C17H24O3.C17H22O2/c1-12(2)10-15(18)16(13(3)4)17(19)20-11-14-8-6-5-7-9-14;1-13(2)10-11-16(14(3)4)17(18)19-12-15-8-6-5-7-9-15/h5-10,13,15-16,18H,11H2,1-4H3;5-11,14,16H,1,12H2,2-4H3/b;11-10+. The van der Waals surface area contributed by atoms with E-state index < -0.39 is 12.0 Å². The van der Waals surface area contributed by atoms with E-state index in [0.29, 0.717) is 6.61 Å². The van der Waals surface area contributed by atoms with E-state index in [1.807, 2.05) is 121 Å². The second kappa shape index (κ2) is 18.0. The monoisotopic (exact) mass is 534 g/mol. The quantitative estimate of drug-likeness (QED) is 0.174. The molecule has 5 heteroatoms. The lowest BCUT2D eigenvalue weighted by atomic mass is 9.89. The molecule has 212 valence electrons. The van der Waals surface area contributed by atoms with Gasteiger partial charge in [-0.3, -0.25) is 9.59 Å². The molecule has 0 radical (unpaired) electrons. The Morgan fingerprint density at radius 2 is 1.26 bits per heavy atom. The molecule has 1 N–H and O–H groups in total. The van der Waals surface area contributed by atoms with Crippen LogP contribution in [0.5, 0.6) is 0 Å². The molecule has 0 aliphatic rings. The van der Waals surface area contributed by atoms with Gasteiger partial charge in [0, 0.05) is 0 Å². The Morgan fingerprint density at radius 3 is 1.64 bits per heavy atom. The predicted molar refractivity (Wildman–Crippen MR) is 159 cm³/mol. The minimum absolute atomic E-state index is 0.0175. The van der Waals surface area contributed by atoms with Crippen molar-refractivity contribution in [3.05, 3.63) is 108 Å². The smallest absolute Gasteiger partial charge is 0.313 e. The van der Waals surface area contributed by atoms with E-state index in [4.69, 9.17) is 9.47 Å². The normalized spacial score (nSPS) is 13.2. The van der Waals surface area contributed by atoms with Gasteiger partial charge >= 0.3 is 11.9 Å². The van der Waals surface area contributed by atoms with Crippen LogP contribution in [0.2, 0.25) is 0 Å². The van der Waals surface area contributed by atoms with Crippen molar-refractivity contribution in [1.29, 1.82) is 0 Å². The van der Waals surface area contributed by atoms with Gasteiger partial charge in [-0.25, -0.2) is 0 Å². The number of hydrogen-bond donors (Lipinski definition) is 1. The first-order chi connectivity index (χ1) is 18.4. The second-order valence-electron chi connectivity index (χ2n) is 10.7. The van der Waals surface area contributed by atoms with Crippen molar-refractivity contribution >= 4 is 11.9 Å². The second-order valence-corrected chi connectivity index (χ2v) is 10.7. The maximum Gasteiger partial charge on any atom is 0.313 e. The van der Waals surface area contributed by atoms with E-state index in [0.717, 1.165) is 22.3 Å². The molecule has 0 bridgehead atoms. The minimum atomic E-state index is -0.803. The molecule has 0 spiro atoms. The summed E-state index contributed by atoms with van der Waals surface area (Å²) < 4.78 is 10.7. The molecule has 2 aromatic carbocycles. The van der Waals surface area contributed by atoms with Crippen molar-refractivity contribution in [2.24, 2.45) is 23.7 Å². The van der Waals surface area contributed by atoms with Crippen molar-refractivity contribution in [2.45, 2.75) is 67.8 Å². The zero-order valence-corrected chi connectivity index (χ0v) is 24.6. The summed E-state index contributed by atoms with van der Waals surface area (Å²) in [7, 11) is 0. The van der Waals surface area contributed by atoms with E-state index in [1.165, 1.54) is 0 Å². The number of carbonyl (C=O) groups is 2. The van der Waals surface area contributed by atoms with Gasteiger partial charge in [0.05, 0.1) is 17.9 Å². The van der Waals surface area contributed by atoms with Crippen LogP contribution in [-0.4, -0.2) is 23.1 Å². The van der Waals surface area contributed by atoms with E-state index in [1.54, 1.807) is 6.08 Å². The van der Waals surface area contributed by atoms with E-state index in [-0.39, 0.29) is 36.3 Å². The zero-order chi connectivity index (χ0) is 29.4. The third-order valence-corrected chi connectivity index (χ3v) is 5.89. The molecule has 3 atom stereocenters. The van der Waals surface area contributed by atoms with Crippen LogP contribution in [0.25, 0.3) is 0 Å². The highest BCUT2D eigenvalue weighted by atomic mass is 16.5. The Hall–Kier alpha value is -3.44. The average Bonchev–Trinajstić information content (AvgIpc) is 2.87. The Balaban J connectivity index is 0.000000391. The summed E-state index contributed by atoms with van der Waals surface area (Å²) in [6.45, 7) is 17.9. The van der Waals surface area contributed by atoms with Gasteiger partial charge in [0.2, 0.25) is 0 Å². The molecule has 39 heavy (non-hydrogen) atoms. The van der Waals surface area contributed by atoms with Gasteiger partial charge in [-0.15, -0.1) is 0 Å². The Morgan fingerprint density at radius 1 is 0.795 bits per heavy atom. The number of aliphatic hydroxyl groups excluding tert-OH is 1. The van der Waals surface area contributed by atoms with E-state index in [2.05, 4.69) is 6.58 Å². The van der Waals surface area contributed by atoms with Crippen molar-refractivity contribution in [2.75, 3.05) is 0 Å². The van der Waals surface area contributed by atoms with Gasteiger partial charge in [0.25, 0.3) is 0 Å². The highest BCUT2D eigenvalue weighted by Gasteiger charge is 2.30. The molecule has 0 aliphatic heterocycles. The Kier molecular flexibility index (Phi) is 15.5. The first-order valence-electron chi connectivity index (χ1n) is 13.5. The molecule has 0 saturated heterocycles. The molecular formula is C34H46O5. The SMILES string of the molecule is C=C(C)/C=C/C(C(=O)OCc1ccccc1)C(C)C.CC(C)=CC(O)C(C(=O)OCc1ccccc1)C(C)C. The first-order valence-corrected chi connectivity index (χ1v) is 13.5. The van der Waals surface area contributed by atoms with Crippen LogP contribution in [0.1, 0.15) is 59.6 Å². The molecule has 0 saturated carbocycles. The maximum absolute atomic E-state index is 12.2. The zero-order valence-electron chi connectivity index (χ0n) is 24.6. The Bertz CT molecular complexity index is 1060. The van der Waals surface area contributed by atoms with Crippen LogP contribution >= 0.6 is 0 Å². The van der Waals surface area contributed by atoms with Gasteiger partial charge in [-0.2, -0.15) is 0 Å². The lowest BCUT2D eigenvalue weighted by Gasteiger charge is -2.23. The van der Waals surface area contributed by atoms with Crippen molar-refractivity contribution in [1.82, 2.24) is 0 Å². The molecule has 0 amide bonds. The van der Waals surface area contributed by atoms with Crippen molar-refractivity contribution in [3.8, 4) is 0 Å². The summed E-state index contributed by atoms with van der Waals surface area (Å²) in [6, 6.07) is 19.2. The number of hydrogen-bond acceptors (Lipinski definition) is 5. The molecule has 5 nitrogen and oxygen atoms in total. The minimum Gasteiger partial charge on any atom is -0.461 e. The van der Waals surface area contributed by atoms with E-state index in [9.17, 15) is 14.7 Å². The van der Waals surface area contributed by atoms with Crippen molar-refractivity contribution < 1.29 is 24.2 Å². The lowest BCUT2D eigenvalue weighted by Crippen LogP contribution is -2.33. The van der Waals surface area contributed by atoms with E-state index >= 15 is 0 Å². The van der Waals surface area contributed by atoms with Gasteiger partial charge in [0.15, 0.2) is 0 Å². The third kappa shape index (κ3) is 13.8. The van der Waals surface area contributed by atoms with Gasteiger partial charge in [-0.1, -0.05) is 124 Å². The number of esters is 2. The van der Waals surface area contributed by atoms with Crippen molar-refractivity contribution in [3.63, 3.8) is 0 Å². The largest absolute Gasteiger partial charge is 0.461 e. The van der Waals surface area contributed by atoms with Crippen LogP contribution in [-0.2, 0) is 32.3 Å². The fourth-order valence-electron chi connectivity index (χ4n) is 3.74. The third-order valence-electron chi connectivity index (χ3n) is 5.89. The van der Waals surface area contributed by atoms with Crippen LogP contribution in [0.15, 0.2) is 96.6 Å². The summed E-state index contributed by atoms with van der Waals surface area (Å²) in [6.07, 6.45) is 4.65. The van der Waals surface area contributed by atoms with Gasteiger partial charge in [0.1, 0.15) is 13.2 Å². The summed E-state index contributed by atoms with van der Waals surface area (Å²) >= 11 is 0. The fourth-order valence-corrected chi connectivity index (χ4v) is 3.74. The summed E-state index contributed by atoms with van der Waals surface area (Å²) in [4.78, 5) is 24.2. The predicted octanol–water partition coefficient (Wildman–Crippen LogP) is 7.46. The molecule has 2 aromatic rings. The molecule has 0 aliphatic carbocycles. The number of rotatable bonds is 12. The van der Waals surface area contributed by atoms with Crippen LogP contribution in [0, 0.1) is 23.7 Å². The molecule has 0 fully saturated rings. The maximum atomic E-state index is 12.2. The summed E-state index contributed by atoms with van der Waals surface area (Å²) in [5.41, 5.74) is 3.86. The fraction of sp³-hybridized carbons (Fsp3) is 0.412. The van der Waals surface area contributed by atoms with Gasteiger partial charge in [-0.05, 0) is 43.7 Å². The molecular weight excluding hydrogens is 488 g/mol. The summed E-state index contributed by atoms with van der Waals surface area (Å²) in [5, 5.41) is 10.1. The van der Waals surface area contributed by atoms with Crippen LogP contribution in [0.3, 0.4) is 0 Å². The molecule has 0 heterocycles.